The van der Waals surface area contributed by atoms with Crippen molar-refractivity contribution in [1.29, 1.82) is 0 Å². The normalized spacial score (nSPS) is 16.4. The van der Waals surface area contributed by atoms with E-state index in [9.17, 15) is 0 Å². The van der Waals surface area contributed by atoms with Gasteiger partial charge in [0.15, 0.2) is 0 Å². The second kappa shape index (κ2) is 6.17. The lowest BCUT2D eigenvalue weighted by molar-refractivity contribution is 0.580. The molecule has 1 aromatic heterocycles. The molecule has 2 rings (SSSR count). The summed E-state index contributed by atoms with van der Waals surface area (Å²) in [6.07, 6.45) is 9.37. The van der Waals surface area contributed by atoms with Crippen molar-refractivity contribution in [1.82, 2.24) is 9.97 Å². The Morgan fingerprint density at radius 1 is 1.29 bits per heavy atom. The fraction of sp³-hybridized carbons (Fsp3) is 0.667. The zero-order chi connectivity index (χ0) is 12.1. The van der Waals surface area contributed by atoms with Crippen molar-refractivity contribution in [3.8, 4) is 0 Å². The van der Waals surface area contributed by atoms with Crippen molar-refractivity contribution in [2.75, 3.05) is 18.0 Å². The molecule has 94 valence electrons. The highest BCUT2D eigenvalue weighted by Crippen LogP contribution is 2.26. The van der Waals surface area contributed by atoms with Crippen LogP contribution in [0.5, 0.6) is 0 Å². The van der Waals surface area contributed by atoms with Crippen molar-refractivity contribution in [3.63, 3.8) is 0 Å². The molecule has 0 spiro atoms. The Kier molecular flexibility index (Phi) is 4.57. The molecule has 4 nitrogen and oxygen atoms in total. The number of hydrogen-bond acceptors (Lipinski definition) is 4. The van der Waals surface area contributed by atoms with Crippen LogP contribution in [0.25, 0.3) is 0 Å². The maximum atomic E-state index is 5.82. The van der Waals surface area contributed by atoms with Gasteiger partial charge < -0.3 is 10.6 Å². The minimum absolute atomic E-state index is 0.572. The van der Waals surface area contributed by atoms with Crippen LogP contribution in [0.15, 0.2) is 12.4 Å². The van der Waals surface area contributed by atoms with Gasteiger partial charge in [-0.2, -0.15) is 0 Å². The third-order valence-electron chi connectivity index (χ3n) is 3.23. The molecule has 0 saturated heterocycles. The molecule has 1 saturated carbocycles. The van der Waals surface area contributed by atoms with E-state index in [0.29, 0.717) is 17.6 Å². The summed E-state index contributed by atoms with van der Waals surface area (Å²) in [5.41, 5.74) is 5.59. The van der Waals surface area contributed by atoms with Gasteiger partial charge in [-0.1, -0.05) is 24.4 Å². The lowest BCUT2D eigenvalue weighted by Crippen LogP contribution is -2.36. The number of hydrogen-bond donors (Lipinski definition) is 1. The fourth-order valence-corrected chi connectivity index (χ4v) is 2.47. The average molecular weight is 255 g/mol. The number of nitrogens with two attached hydrogens (primary N) is 1. The molecule has 1 aliphatic rings. The molecule has 0 radical (unpaired) electrons. The predicted molar refractivity (Wildman–Crippen MR) is 70.3 cm³/mol. The summed E-state index contributed by atoms with van der Waals surface area (Å²) in [6.45, 7) is 1.64. The van der Waals surface area contributed by atoms with Crippen molar-refractivity contribution in [3.05, 3.63) is 17.4 Å². The highest BCUT2D eigenvalue weighted by molar-refractivity contribution is 6.30. The molecule has 0 bridgehead atoms. The van der Waals surface area contributed by atoms with Crippen LogP contribution < -0.4 is 10.6 Å². The first-order valence-corrected chi connectivity index (χ1v) is 6.63. The minimum Gasteiger partial charge on any atom is -0.338 e. The van der Waals surface area contributed by atoms with E-state index in [-0.39, 0.29) is 0 Å². The van der Waals surface area contributed by atoms with Crippen molar-refractivity contribution >= 4 is 17.5 Å². The highest BCUT2D eigenvalue weighted by atomic mass is 35.5. The molecule has 17 heavy (non-hydrogen) atoms. The molecule has 1 aromatic rings. The van der Waals surface area contributed by atoms with Crippen LogP contribution in [-0.4, -0.2) is 29.1 Å². The van der Waals surface area contributed by atoms with Crippen LogP contribution in [0.2, 0.25) is 5.02 Å². The molecule has 0 amide bonds. The van der Waals surface area contributed by atoms with Crippen LogP contribution >= 0.6 is 11.6 Å². The highest BCUT2D eigenvalue weighted by Gasteiger charge is 2.23. The standard InChI is InChI=1S/C12H19ClN4/c13-10-8-15-12(16-9-10)17(7-3-6-14)11-4-1-2-5-11/h8-9,11H,1-7,14H2. The van der Waals surface area contributed by atoms with Crippen LogP contribution in [0.1, 0.15) is 32.1 Å². The van der Waals surface area contributed by atoms with Gasteiger partial charge in [-0.15, -0.1) is 0 Å². The SMILES string of the molecule is NCCCN(c1ncc(Cl)cn1)C1CCCC1. The van der Waals surface area contributed by atoms with E-state index in [0.717, 1.165) is 18.9 Å². The maximum Gasteiger partial charge on any atom is 0.225 e. The van der Waals surface area contributed by atoms with Crippen LogP contribution in [-0.2, 0) is 0 Å². The Bertz CT molecular complexity index is 335. The molecule has 0 unspecified atom stereocenters. The van der Waals surface area contributed by atoms with Gasteiger partial charge in [-0.3, -0.25) is 0 Å². The molecule has 0 atom stereocenters. The molecular formula is C12H19ClN4. The van der Waals surface area contributed by atoms with E-state index in [1.165, 1.54) is 25.7 Å². The predicted octanol–water partition coefficient (Wildman–Crippen LogP) is 2.23. The zero-order valence-electron chi connectivity index (χ0n) is 9.98. The van der Waals surface area contributed by atoms with Gasteiger partial charge in [-0.25, -0.2) is 9.97 Å². The third kappa shape index (κ3) is 3.30. The second-order valence-electron chi connectivity index (χ2n) is 4.48. The van der Waals surface area contributed by atoms with Crippen LogP contribution in [0.3, 0.4) is 0 Å². The van der Waals surface area contributed by atoms with E-state index < -0.39 is 0 Å². The summed E-state index contributed by atoms with van der Waals surface area (Å²) in [5, 5.41) is 0.582. The van der Waals surface area contributed by atoms with Gasteiger partial charge in [0.1, 0.15) is 0 Å². The quantitative estimate of drug-likeness (QED) is 0.876. The molecule has 1 heterocycles. The number of aromatic nitrogens is 2. The Hall–Kier alpha value is -0.870. The number of halogens is 1. The van der Waals surface area contributed by atoms with Gasteiger partial charge in [0, 0.05) is 12.6 Å². The van der Waals surface area contributed by atoms with Crippen LogP contribution in [0.4, 0.5) is 5.95 Å². The Morgan fingerprint density at radius 3 is 2.53 bits per heavy atom. The topological polar surface area (TPSA) is 55.0 Å². The van der Waals surface area contributed by atoms with Gasteiger partial charge in [0.2, 0.25) is 5.95 Å². The molecule has 5 heteroatoms. The summed E-state index contributed by atoms with van der Waals surface area (Å²) in [5.74, 6) is 0.787. The zero-order valence-corrected chi connectivity index (χ0v) is 10.7. The van der Waals surface area contributed by atoms with Gasteiger partial charge >= 0.3 is 0 Å². The van der Waals surface area contributed by atoms with E-state index in [1.54, 1.807) is 12.4 Å². The van der Waals surface area contributed by atoms with Gasteiger partial charge in [0.05, 0.1) is 17.4 Å². The van der Waals surface area contributed by atoms with Crippen molar-refractivity contribution in [2.24, 2.45) is 5.73 Å². The maximum absolute atomic E-state index is 5.82. The number of anilines is 1. The Balaban J connectivity index is 2.10. The first kappa shape index (κ1) is 12.6. The van der Waals surface area contributed by atoms with Crippen molar-refractivity contribution < 1.29 is 0 Å². The molecule has 0 aromatic carbocycles. The summed E-state index contributed by atoms with van der Waals surface area (Å²) >= 11 is 5.82. The molecular weight excluding hydrogens is 236 g/mol. The first-order chi connectivity index (χ1) is 8.31. The van der Waals surface area contributed by atoms with Crippen LogP contribution in [0, 0.1) is 0 Å². The van der Waals surface area contributed by atoms with E-state index in [2.05, 4.69) is 14.9 Å². The molecule has 0 aliphatic heterocycles. The molecule has 2 N–H and O–H groups in total. The Labute approximate surface area is 107 Å². The van der Waals surface area contributed by atoms with Gasteiger partial charge in [-0.05, 0) is 25.8 Å². The minimum atomic E-state index is 0.572. The number of nitrogens with zero attached hydrogens (tertiary/aromatic N) is 3. The lowest BCUT2D eigenvalue weighted by atomic mass is 10.2. The van der Waals surface area contributed by atoms with E-state index >= 15 is 0 Å². The van der Waals surface area contributed by atoms with E-state index in [1.807, 2.05) is 0 Å². The summed E-state index contributed by atoms with van der Waals surface area (Å²) in [6, 6.07) is 0.572. The smallest absolute Gasteiger partial charge is 0.225 e. The number of rotatable bonds is 5. The summed E-state index contributed by atoms with van der Waals surface area (Å²) in [7, 11) is 0. The van der Waals surface area contributed by atoms with Gasteiger partial charge in [0.25, 0.3) is 0 Å². The largest absolute Gasteiger partial charge is 0.338 e. The lowest BCUT2D eigenvalue weighted by Gasteiger charge is -2.28. The monoisotopic (exact) mass is 254 g/mol. The Morgan fingerprint density at radius 2 is 1.94 bits per heavy atom. The first-order valence-electron chi connectivity index (χ1n) is 6.25. The molecule has 1 aliphatic carbocycles. The second-order valence-corrected chi connectivity index (χ2v) is 4.91. The average Bonchev–Trinajstić information content (AvgIpc) is 2.85. The summed E-state index contributed by atoms with van der Waals surface area (Å²) < 4.78 is 0. The molecule has 1 fully saturated rings. The third-order valence-corrected chi connectivity index (χ3v) is 3.43. The summed E-state index contributed by atoms with van der Waals surface area (Å²) in [4.78, 5) is 10.9. The fourth-order valence-electron chi connectivity index (χ4n) is 2.38. The van der Waals surface area contributed by atoms with Crippen molar-refractivity contribution in [2.45, 2.75) is 38.1 Å². The van der Waals surface area contributed by atoms with E-state index in [4.69, 9.17) is 17.3 Å².